The largest absolute Gasteiger partial charge is 0.368 e. The van der Waals surface area contributed by atoms with Crippen molar-refractivity contribution < 1.29 is 13.2 Å². The maximum absolute atomic E-state index is 11.6. The molecule has 0 aromatic rings. The predicted octanol–water partition coefficient (Wildman–Crippen LogP) is -2.40. The van der Waals surface area contributed by atoms with Gasteiger partial charge in [-0.25, -0.2) is 8.42 Å². The second kappa shape index (κ2) is 4.57. The molecule has 1 heterocycles. The van der Waals surface area contributed by atoms with Crippen LogP contribution in [0.2, 0.25) is 0 Å². The van der Waals surface area contributed by atoms with Crippen LogP contribution in [0.15, 0.2) is 0 Å². The molecule has 1 aliphatic heterocycles. The fourth-order valence-corrected chi connectivity index (χ4v) is 2.69. The van der Waals surface area contributed by atoms with Crippen molar-refractivity contribution in [1.29, 1.82) is 5.26 Å². The van der Waals surface area contributed by atoms with Crippen LogP contribution in [0.4, 0.5) is 0 Å². The Balaban J connectivity index is 2.91. The molecule has 0 saturated carbocycles. The van der Waals surface area contributed by atoms with Gasteiger partial charge in [-0.1, -0.05) is 0 Å². The van der Waals surface area contributed by atoms with Crippen LogP contribution in [0, 0.1) is 11.3 Å². The normalized spacial score (nSPS) is 23.3. The molecule has 0 radical (unpaired) electrons. The van der Waals surface area contributed by atoms with Gasteiger partial charge in [0.2, 0.25) is 15.9 Å². The van der Waals surface area contributed by atoms with Crippen molar-refractivity contribution in [2.45, 2.75) is 6.04 Å². The van der Waals surface area contributed by atoms with E-state index in [0.29, 0.717) is 6.54 Å². The van der Waals surface area contributed by atoms with E-state index >= 15 is 0 Å². The standard InChI is InChI=1S/C7H12N4O3S/c8-1-4-15(13,14)11-3-2-10-5-6(11)7(9)12/h6,10H,2-5H2,(H2,9,12). The molecule has 1 rings (SSSR count). The molecular formula is C7H12N4O3S. The summed E-state index contributed by atoms with van der Waals surface area (Å²) in [4.78, 5) is 11.0. The maximum Gasteiger partial charge on any atom is 0.237 e. The molecule has 1 aliphatic rings. The molecule has 0 bridgehead atoms. The van der Waals surface area contributed by atoms with E-state index in [-0.39, 0.29) is 13.1 Å². The highest BCUT2D eigenvalue weighted by atomic mass is 32.2. The lowest BCUT2D eigenvalue weighted by atomic mass is 10.2. The fourth-order valence-electron chi connectivity index (χ4n) is 1.43. The Kier molecular flexibility index (Phi) is 3.62. The fraction of sp³-hybridized carbons (Fsp3) is 0.714. The number of primary amides is 1. The molecule has 0 aliphatic carbocycles. The number of amides is 1. The van der Waals surface area contributed by atoms with Crippen molar-refractivity contribution >= 4 is 15.9 Å². The average Bonchev–Trinajstić information content (AvgIpc) is 2.17. The third kappa shape index (κ3) is 2.65. The molecule has 84 valence electrons. The number of rotatable bonds is 3. The number of carbonyl (C=O) groups is 1. The summed E-state index contributed by atoms with van der Waals surface area (Å²) in [5, 5.41) is 11.2. The molecule has 8 heteroatoms. The van der Waals surface area contributed by atoms with Crippen molar-refractivity contribution in [3.05, 3.63) is 0 Å². The number of sulfonamides is 1. The van der Waals surface area contributed by atoms with Crippen molar-refractivity contribution in [2.24, 2.45) is 5.73 Å². The molecule has 0 spiro atoms. The molecule has 15 heavy (non-hydrogen) atoms. The van der Waals surface area contributed by atoms with Crippen LogP contribution >= 0.6 is 0 Å². The molecule has 1 fully saturated rings. The molecule has 1 unspecified atom stereocenters. The van der Waals surface area contributed by atoms with Gasteiger partial charge >= 0.3 is 0 Å². The number of hydrogen-bond acceptors (Lipinski definition) is 5. The van der Waals surface area contributed by atoms with E-state index in [2.05, 4.69) is 5.32 Å². The minimum absolute atomic E-state index is 0.164. The molecule has 0 aromatic carbocycles. The first-order valence-electron chi connectivity index (χ1n) is 4.35. The Labute approximate surface area is 87.9 Å². The third-order valence-corrected chi connectivity index (χ3v) is 3.77. The topological polar surface area (TPSA) is 116 Å². The predicted molar refractivity (Wildman–Crippen MR) is 52.0 cm³/mol. The van der Waals surface area contributed by atoms with E-state index in [1.165, 1.54) is 0 Å². The van der Waals surface area contributed by atoms with Crippen LogP contribution in [-0.4, -0.2) is 50.1 Å². The Hall–Kier alpha value is -1.17. The second-order valence-corrected chi connectivity index (χ2v) is 5.07. The molecule has 1 atom stereocenters. The average molecular weight is 232 g/mol. The molecule has 1 saturated heterocycles. The highest BCUT2D eigenvalue weighted by Gasteiger charge is 2.35. The van der Waals surface area contributed by atoms with Crippen LogP contribution in [-0.2, 0) is 14.8 Å². The summed E-state index contributed by atoms with van der Waals surface area (Å²) >= 11 is 0. The number of nitriles is 1. The van der Waals surface area contributed by atoms with Gasteiger partial charge in [0.05, 0.1) is 6.07 Å². The van der Waals surface area contributed by atoms with Gasteiger partial charge in [-0.15, -0.1) is 0 Å². The monoisotopic (exact) mass is 232 g/mol. The smallest absolute Gasteiger partial charge is 0.237 e. The lowest BCUT2D eigenvalue weighted by Gasteiger charge is -2.32. The molecular weight excluding hydrogens is 220 g/mol. The van der Waals surface area contributed by atoms with E-state index in [4.69, 9.17) is 11.0 Å². The summed E-state index contributed by atoms with van der Waals surface area (Å²) in [6, 6.07) is 0.671. The van der Waals surface area contributed by atoms with Crippen LogP contribution in [0.3, 0.4) is 0 Å². The maximum atomic E-state index is 11.6. The summed E-state index contributed by atoms with van der Waals surface area (Å²) in [5.74, 6) is -1.33. The van der Waals surface area contributed by atoms with Crippen molar-refractivity contribution in [2.75, 3.05) is 25.4 Å². The number of hydrogen-bond donors (Lipinski definition) is 2. The summed E-state index contributed by atoms with van der Waals surface area (Å²) in [5.41, 5.74) is 5.08. The second-order valence-electron chi connectivity index (χ2n) is 3.15. The van der Waals surface area contributed by atoms with Gasteiger partial charge in [-0.3, -0.25) is 4.79 Å². The first-order chi connectivity index (χ1) is 6.99. The van der Waals surface area contributed by atoms with Crippen molar-refractivity contribution in [1.82, 2.24) is 9.62 Å². The van der Waals surface area contributed by atoms with E-state index < -0.39 is 27.7 Å². The summed E-state index contributed by atoms with van der Waals surface area (Å²) < 4.78 is 24.1. The van der Waals surface area contributed by atoms with Crippen LogP contribution in [0.5, 0.6) is 0 Å². The number of carbonyl (C=O) groups excluding carboxylic acids is 1. The van der Waals surface area contributed by atoms with Gasteiger partial charge in [0.1, 0.15) is 6.04 Å². The van der Waals surface area contributed by atoms with E-state index in [9.17, 15) is 13.2 Å². The Morgan fingerprint density at radius 3 is 2.87 bits per heavy atom. The Morgan fingerprint density at radius 2 is 2.33 bits per heavy atom. The highest BCUT2D eigenvalue weighted by molar-refractivity contribution is 7.89. The van der Waals surface area contributed by atoms with Gasteiger partial charge in [-0.05, 0) is 0 Å². The zero-order valence-electron chi connectivity index (χ0n) is 8.01. The summed E-state index contributed by atoms with van der Waals surface area (Å²) in [7, 11) is -3.70. The van der Waals surface area contributed by atoms with Crippen molar-refractivity contribution in [3.8, 4) is 6.07 Å². The summed E-state index contributed by atoms with van der Waals surface area (Å²) in [6.07, 6.45) is 0. The quantitative estimate of drug-likeness (QED) is 0.562. The van der Waals surface area contributed by atoms with E-state index in [0.717, 1.165) is 4.31 Å². The highest BCUT2D eigenvalue weighted by Crippen LogP contribution is 2.09. The number of piperazine rings is 1. The lowest BCUT2D eigenvalue weighted by Crippen LogP contribution is -2.58. The van der Waals surface area contributed by atoms with Gasteiger partial charge in [0.15, 0.2) is 5.75 Å². The van der Waals surface area contributed by atoms with Gasteiger partial charge in [0.25, 0.3) is 0 Å². The SMILES string of the molecule is N#CCS(=O)(=O)N1CCNCC1C(N)=O. The molecule has 3 N–H and O–H groups in total. The minimum atomic E-state index is -3.70. The minimum Gasteiger partial charge on any atom is -0.368 e. The molecule has 1 amide bonds. The van der Waals surface area contributed by atoms with Gasteiger partial charge in [-0.2, -0.15) is 9.57 Å². The van der Waals surface area contributed by atoms with E-state index in [1.807, 2.05) is 0 Å². The van der Waals surface area contributed by atoms with Crippen LogP contribution < -0.4 is 11.1 Å². The molecule has 0 aromatic heterocycles. The zero-order chi connectivity index (χ0) is 11.5. The lowest BCUT2D eigenvalue weighted by molar-refractivity contribution is -0.122. The van der Waals surface area contributed by atoms with Crippen LogP contribution in [0.25, 0.3) is 0 Å². The number of nitrogens with two attached hydrogens (primary N) is 1. The third-order valence-electron chi connectivity index (χ3n) is 2.13. The molecule has 7 nitrogen and oxygen atoms in total. The van der Waals surface area contributed by atoms with E-state index in [1.54, 1.807) is 6.07 Å². The van der Waals surface area contributed by atoms with Gasteiger partial charge in [0, 0.05) is 19.6 Å². The number of nitrogens with one attached hydrogen (secondary N) is 1. The summed E-state index contributed by atoms with van der Waals surface area (Å²) in [6.45, 7) is 0.812. The van der Waals surface area contributed by atoms with Crippen molar-refractivity contribution in [3.63, 3.8) is 0 Å². The zero-order valence-corrected chi connectivity index (χ0v) is 8.83. The Bertz CT molecular complexity index is 386. The van der Waals surface area contributed by atoms with Crippen LogP contribution in [0.1, 0.15) is 0 Å². The van der Waals surface area contributed by atoms with Gasteiger partial charge < -0.3 is 11.1 Å². The first kappa shape index (κ1) is 11.9. The first-order valence-corrected chi connectivity index (χ1v) is 5.96. The Morgan fingerprint density at radius 1 is 1.67 bits per heavy atom. The number of nitrogens with zero attached hydrogens (tertiary/aromatic N) is 2.